The van der Waals surface area contributed by atoms with Crippen molar-refractivity contribution in [2.75, 3.05) is 18.5 Å². The standard InChI is InChI=1S/C18H23N3O2/c1-3-14-7-4-6-13(2)17(14)21-18(22)15(10-19)11-20-12-16-8-5-9-23-16/h4,6-7,11,16,20H,3,5,8-9,12H2,1-2H3,(H,21,22)/b15-11-. The Hall–Kier alpha value is -2.32. The van der Waals surface area contributed by atoms with E-state index in [1.807, 2.05) is 38.1 Å². The topological polar surface area (TPSA) is 74.2 Å². The van der Waals surface area contributed by atoms with E-state index in [0.717, 1.165) is 42.7 Å². The summed E-state index contributed by atoms with van der Waals surface area (Å²) in [6.45, 7) is 5.38. The quantitative estimate of drug-likeness (QED) is 0.625. The molecule has 2 N–H and O–H groups in total. The van der Waals surface area contributed by atoms with Crippen molar-refractivity contribution in [1.29, 1.82) is 5.26 Å². The van der Waals surface area contributed by atoms with Gasteiger partial charge in [0.2, 0.25) is 0 Å². The number of anilines is 1. The average Bonchev–Trinajstić information content (AvgIpc) is 3.06. The molecule has 1 aliphatic heterocycles. The highest BCUT2D eigenvalue weighted by Gasteiger charge is 2.16. The molecule has 1 aromatic rings. The summed E-state index contributed by atoms with van der Waals surface area (Å²) in [6, 6.07) is 7.84. The van der Waals surface area contributed by atoms with E-state index in [9.17, 15) is 10.1 Å². The third-order valence-electron chi connectivity index (χ3n) is 3.96. The Kier molecular flexibility index (Phi) is 6.19. The van der Waals surface area contributed by atoms with Gasteiger partial charge in [-0.3, -0.25) is 4.79 Å². The minimum Gasteiger partial charge on any atom is -0.387 e. The lowest BCUT2D eigenvalue weighted by atomic mass is 10.1. The second-order valence-corrected chi connectivity index (χ2v) is 5.63. The molecule has 0 saturated carbocycles. The van der Waals surface area contributed by atoms with Gasteiger partial charge in [-0.25, -0.2) is 0 Å². The second-order valence-electron chi connectivity index (χ2n) is 5.63. The summed E-state index contributed by atoms with van der Waals surface area (Å²) >= 11 is 0. The number of hydrogen-bond donors (Lipinski definition) is 2. The maximum Gasteiger partial charge on any atom is 0.267 e. The van der Waals surface area contributed by atoms with Crippen LogP contribution in [0.4, 0.5) is 5.69 Å². The van der Waals surface area contributed by atoms with Crippen molar-refractivity contribution >= 4 is 11.6 Å². The maximum atomic E-state index is 12.3. The summed E-state index contributed by atoms with van der Waals surface area (Å²) in [6.07, 6.45) is 4.53. The number of rotatable bonds is 6. The van der Waals surface area contributed by atoms with Gasteiger partial charge >= 0.3 is 0 Å². The van der Waals surface area contributed by atoms with E-state index in [1.165, 1.54) is 6.20 Å². The van der Waals surface area contributed by atoms with Crippen molar-refractivity contribution in [3.63, 3.8) is 0 Å². The fraction of sp³-hybridized carbons (Fsp3) is 0.444. The summed E-state index contributed by atoms with van der Waals surface area (Å²) in [5.74, 6) is -0.392. The van der Waals surface area contributed by atoms with Crippen LogP contribution in [0, 0.1) is 18.3 Å². The van der Waals surface area contributed by atoms with Crippen molar-refractivity contribution in [3.05, 3.63) is 41.1 Å². The molecule has 122 valence electrons. The van der Waals surface area contributed by atoms with Gasteiger partial charge in [0.15, 0.2) is 0 Å². The molecule has 1 aliphatic rings. The number of hydrogen-bond acceptors (Lipinski definition) is 4. The fourth-order valence-corrected chi connectivity index (χ4v) is 2.63. The first-order valence-electron chi connectivity index (χ1n) is 8.00. The van der Waals surface area contributed by atoms with Gasteiger partial charge in [-0.05, 0) is 37.3 Å². The van der Waals surface area contributed by atoms with E-state index in [1.54, 1.807) is 0 Å². The molecule has 0 aliphatic carbocycles. The smallest absolute Gasteiger partial charge is 0.267 e. The number of carbonyl (C=O) groups is 1. The Morgan fingerprint density at radius 1 is 1.52 bits per heavy atom. The van der Waals surface area contributed by atoms with E-state index in [4.69, 9.17) is 4.74 Å². The number of nitriles is 1. The zero-order valence-corrected chi connectivity index (χ0v) is 13.7. The molecular weight excluding hydrogens is 290 g/mol. The van der Waals surface area contributed by atoms with Gasteiger partial charge in [0.1, 0.15) is 11.6 Å². The van der Waals surface area contributed by atoms with Crippen LogP contribution in [-0.4, -0.2) is 25.2 Å². The van der Waals surface area contributed by atoms with E-state index in [0.29, 0.717) is 6.54 Å². The first-order valence-corrected chi connectivity index (χ1v) is 8.00. The van der Waals surface area contributed by atoms with Crippen LogP contribution >= 0.6 is 0 Å². The highest BCUT2D eigenvalue weighted by atomic mass is 16.5. The molecule has 1 unspecified atom stereocenters. The Morgan fingerprint density at radius 3 is 3.00 bits per heavy atom. The molecule has 1 amide bonds. The van der Waals surface area contributed by atoms with Gasteiger partial charge in [-0.2, -0.15) is 5.26 Å². The number of nitrogens with one attached hydrogen (secondary N) is 2. The molecular formula is C18H23N3O2. The molecule has 1 saturated heterocycles. The zero-order valence-electron chi connectivity index (χ0n) is 13.7. The van der Waals surface area contributed by atoms with Crippen molar-refractivity contribution in [2.24, 2.45) is 0 Å². The number of para-hydroxylation sites is 1. The molecule has 1 aromatic carbocycles. The Balaban J connectivity index is 2.01. The number of carbonyl (C=O) groups excluding carboxylic acids is 1. The van der Waals surface area contributed by atoms with Crippen LogP contribution in [0.15, 0.2) is 30.0 Å². The number of nitrogens with zero attached hydrogens (tertiary/aromatic N) is 1. The molecule has 0 aromatic heterocycles. The van der Waals surface area contributed by atoms with Crippen molar-refractivity contribution in [3.8, 4) is 6.07 Å². The second kappa shape index (κ2) is 8.35. The highest BCUT2D eigenvalue weighted by Crippen LogP contribution is 2.21. The Bertz CT molecular complexity index is 626. The lowest BCUT2D eigenvalue weighted by Crippen LogP contribution is -2.24. The molecule has 1 atom stereocenters. The van der Waals surface area contributed by atoms with Crippen LogP contribution in [-0.2, 0) is 16.0 Å². The summed E-state index contributed by atoms with van der Waals surface area (Å²) in [4.78, 5) is 12.3. The van der Waals surface area contributed by atoms with Crippen LogP contribution in [0.5, 0.6) is 0 Å². The summed E-state index contributed by atoms with van der Waals surface area (Å²) < 4.78 is 5.50. The SMILES string of the molecule is CCc1cccc(C)c1NC(=O)/C(C#N)=C\NCC1CCCO1. The highest BCUT2D eigenvalue weighted by molar-refractivity contribution is 6.07. The predicted octanol–water partition coefficient (Wildman–Crippen LogP) is 2.67. The van der Waals surface area contributed by atoms with Gasteiger partial charge in [0, 0.05) is 25.0 Å². The number of aryl methyl sites for hydroxylation is 2. The normalized spacial score (nSPS) is 17.6. The average molecular weight is 313 g/mol. The molecule has 1 fully saturated rings. The Labute approximate surface area is 137 Å². The third kappa shape index (κ3) is 4.57. The van der Waals surface area contributed by atoms with Gasteiger partial charge in [-0.15, -0.1) is 0 Å². The van der Waals surface area contributed by atoms with Crippen LogP contribution < -0.4 is 10.6 Å². The van der Waals surface area contributed by atoms with Crippen LogP contribution in [0.3, 0.4) is 0 Å². The summed E-state index contributed by atoms with van der Waals surface area (Å²) in [5.41, 5.74) is 2.90. The van der Waals surface area contributed by atoms with Gasteiger partial charge in [0.05, 0.1) is 6.10 Å². The molecule has 0 radical (unpaired) electrons. The molecule has 23 heavy (non-hydrogen) atoms. The van der Waals surface area contributed by atoms with Crippen LogP contribution in [0.1, 0.15) is 30.9 Å². The van der Waals surface area contributed by atoms with Crippen LogP contribution in [0.25, 0.3) is 0 Å². The van der Waals surface area contributed by atoms with Gasteiger partial charge < -0.3 is 15.4 Å². The maximum absolute atomic E-state index is 12.3. The largest absolute Gasteiger partial charge is 0.387 e. The third-order valence-corrected chi connectivity index (χ3v) is 3.96. The van der Waals surface area contributed by atoms with E-state index in [-0.39, 0.29) is 11.7 Å². The zero-order chi connectivity index (χ0) is 16.7. The molecule has 0 bridgehead atoms. The molecule has 5 heteroatoms. The molecule has 2 rings (SSSR count). The summed E-state index contributed by atoms with van der Waals surface area (Å²) in [5, 5.41) is 15.1. The lowest BCUT2D eigenvalue weighted by Gasteiger charge is -2.13. The van der Waals surface area contributed by atoms with E-state index in [2.05, 4.69) is 10.6 Å². The van der Waals surface area contributed by atoms with Crippen molar-refractivity contribution in [1.82, 2.24) is 5.32 Å². The molecule has 0 spiro atoms. The molecule has 1 heterocycles. The summed E-state index contributed by atoms with van der Waals surface area (Å²) in [7, 11) is 0. The van der Waals surface area contributed by atoms with Crippen molar-refractivity contribution < 1.29 is 9.53 Å². The fourth-order valence-electron chi connectivity index (χ4n) is 2.63. The minimum atomic E-state index is -0.392. The monoisotopic (exact) mass is 313 g/mol. The predicted molar refractivity (Wildman–Crippen MR) is 89.9 cm³/mol. The van der Waals surface area contributed by atoms with Gasteiger partial charge in [-0.1, -0.05) is 25.1 Å². The first-order chi connectivity index (χ1) is 11.2. The number of benzene rings is 1. The van der Waals surface area contributed by atoms with E-state index < -0.39 is 5.91 Å². The van der Waals surface area contributed by atoms with E-state index >= 15 is 0 Å². The minimum absolute atomic E-state index is 0.0632. The number of ether oxygens (including phenoxy) is 1. The number of amides is 1. The lowest BCUT2D eigenvalue weighted by molar-refractivity contribution is -0.112. The first kappa shape index (κ1) is 17.0. The molecule has 5 nitrogen and oxygen atoms in total. The van der Waals surface area contributed by atoms with Crippen molar-refractivity contribution in [2.45, 2.75) is 39.2 Å². The van der Waals surface area contributed by atoms with Gasteiger partial charge in [0.25, 0.3) is 5.91 Å². The van der Waals surface area contributed by atoms with Crippen LogP contribution in [0.2, 0.25) is 0 Å². The Morgan fingerprint density at radius 2 is 2.35 bits per heavy atom.